The van der Waals surface area contributed by atoms with Gasteiger partial charge in [-0.15, -0.1) is 0 Å². The Bertz CT molecular complexity index is 1380. The van der Waals surface area contributed by atoms with Gasteiger partial charge in [-0.25, -0.2) is 0 Å². The molecule has 0 aliphatic heterocycles. The topological polar surface area (TPSA) is 78.9 Å². The molecule has 1 unspecified atom stereocenters. The van der Waals surface area contributed by atoms with Gasteiger partial charge in [0, 0.05) is 19.3 Å². The molecule has 0 saturated heterocycles. The molecule has 0 radical (unpaired) electrons. The first-order chi connectivity index (χ1) is 38.0. The summed E-state index contributed by atoms with van der Waals surface area (Å²) in [7, 11) is 0. The van der Waals surface area contributed by atoms with E-state index in [2.05, 4.69) is 81.5 Å². The lowest BCUT2D eigenvalue weighted by molar-refractivity contribution is -0.167. The molecule has 0 N–H and O–H groups in total. The maximum Gasteiger partial charge on any atom is 0.306 e. The van der Waals surface area contributed by atoms with Gasteiger partial charge >= 0.3 is 17.9 Å². The minimum Gasteiger partial charge on any atom is -0.462 e. The zero-order chi connectivity index (χ0) is 55.7. The van der Waals surface area contributed by atoms with Crippen LogP contribution in [0.5, 0.6) is 0 Å². The summed E-state index contributed by atoms with van der Waals surface area (Å²) in [5, 5.41) is 0. The largest absolute Gasteiger partial charge is 0.462 e. The fourth-order valence-corrected chi connectivity index (χ4v) is 9.96. The Morgan fingerprint density at radius 3 is 0.805 bits per heavy atom. The number of unbranched alkanes of at least 4 members (excludes halogenated alkanes) is 41. The number of hydrogen-bond acceptors (Lipinski definition) is 6. The van der Waals surface area contributed by atoms with Gasteiger partial charge in [-0.3, -0.25) is 14.4 Å². The van der Waals surface area contributed by atoms with Crippen molar-refractivity contribution in [2.45, 2.75) is 361 Å². The van der Waals surface area contributed by atoms with E-state index in [0.29, 0.717) is 19.3 Å². The molecule has 1 atom stereocenters. The molecule has 0 saturated carbocycles. The summed E-state index contributed by atoms with van der Waals surface area (Å²) in [5.74, 6) is -0.853. The molecule has 0 heterocycles. The number of ether oxygens (including phenoxy) is 3. The van der Waals surface area contributed by atoms with E-state index in [1.54, 1.807) is 0 Å². The molecule has 77 heavy (non-hydrogen) atoms. The molecule has 0 aromatic rings. The summed E-state index contributed by atoms with van der Waals surface area (Å²) in [6, 6.07) is 0. The molecule has 0 aromatic heterocycles. The summed E-state index contributed by atoms with van der Waals surface area (Å²) in [6.45, 7) is 6.57. The fraction of sp³-hybridized carbons (Fsp3) is 0.817. The second-order valence-corrected chi connectivity index (χ2v) is 22.7. The van der Waals surface area contributed by atoms with Crippen molar-refractivity contribution in [2.75, 3.05) is 13.2 Å². The smallest absolute Gasteiger partial charge is 0.306 e. The highest BCUT2D eigenvalue weighted by Crippen LogP contribution is 2.17. The van der Waals surface area contributed by atoms with E-state index in [1.165, 1.54) is 231 Å². The van der Waals surface area contributed by atoms with Gasteiger partial charge in [0.25, 0.3) is 0 Å². The SMILES string of the molecule is CC/C=C\C/C=C\C/C=C\C/C=C\CCCCCCCCCCCCCCC(=O)OCC(COC(=O)CCCCCCCCCCCCC)OC(=O)CCCCCCCCCCCCC/C=C\CCCCCCCCCC. The van der Waals surface area contributed by atoms with Crippen molar-refractivity contribution in [2.24, 2.45) is 0 Å². The zero-order valence-electron chi connectivity index (χ0n) is 51.5. The third-order valence-corrected chi connectivity index (χ3v) is 15.0. The van der Waals surface area contributed by atoms with Crippen LogP contribution in [0.4, 0.5) is 0 Å². The highest BCUT2D eigenvalue weighted by molar-refractivity contribution is 5.71. The standard InChI is InChI=1S/C71H128O6/c1-4-7-10-13-16-19-22-24-26-28-30-32-34-35-37-38-40-42-44-46-49-52-55-58-61-64-70(73)76-67-68(66-75-69(72)63-60-57-54-51-48-21-18-15-12-9-6-3)77-71(74)65-62-59-56-53-50-47-45-43-41-39-36-33-31-29-27-25-23-20-17-14-11-8-5-2/h7,10,16,19,24,26,29-32,68H,4-6,8-9,11-15,17-18,20-23,25,27-28,33-67H2,1-3H3/b10-7-,19-16-,26-24-,31-29-,32-30-. The van der Waals surface area contributed by atoms with Crippen molar-refractivity contribution in [3.8, 4) is 0 Å². The average Bonchev–Trinajstić information content (AvgIpc) is 3.43. The molecule has 448 valence electrons. The molecule has 0 spiro atoms. The van der Waals surface area contributed by atoms with Crippen LogP contribution in [-0.2, 0) is 28.6 Å². The second-order valence-electron chi connectivity index (χ2n) is 22.7. The number of esters is 3. The molecular formula is C71H128O6. The van der Waals surface area contributed by atoms with Crippen molar-refractivity contribution < 1.29 is 28.6 Å². The monoisotopic (exact) mass is 1080 g/mol. The number of rotatable bonds is 62. The van der Waals surface area contributed by atoms with E-state index in [1.807, 2.05) is 0 Å². The lowest BCUT2D eigenvalue weighted by atomic mass is 10.0. The number of hydrogen-bond donors (Lipinski definition) is 0. The molecule has 0 aliphatic carbocycles. The molecule has 0 aromatic carbocycles. The minimum absolute atomic E-state index is 0.0704. The molecule has 0 amide bonds. The Morgan fingerprint density at radius 2 is 0.506 bits per heavy atom. The molecule has 6 nitrogen and oxygen atoms in total. The average molecular weight is 1080 g/mol. The second kappa shape index (κ2) is 65.6. The van der Waals surface area contributed by atoms with Gasteiger partial charge in [-0.1, -0.05) is 313 Å². The molecular weight excluding hydrogens is 949 g/mol. The quantitative estimate of drug-likeness (QED) is 0.0261. The summed E-state index contributed by atoms with van der Waals surface area (Å²) < 4.78 is 17.0. The van der Waals surface area contributed by atoms with Crippen LogP contribution in [-0.4, -0.2) is 37.2 Å². The van der Waals surface area contributed by atoms with Gasteiger partial charge in [0.15, 0.2) is 6.10 Å². The van der Waals surface area contributed by atoms with Gasteiger partial charge in [0.2, 0.25) is 0 Å². The van der Waals surface area contributed by atoms with Crippen molar-refractivity contribution in [1.29, 1.82) is 0 Å². The van der Waals surface area contributed by atoms with Gasteiger partial charge < -0.3 is 14.2 Å². The van der Waals surface area contributed by atoms with E-state index in [0.717, 1.165) is 83.5 Å². The van der Waals surface area contributed by atoms with Crippen LogP contribution in [0, 0.1) is 0 Å². The number of allylic oxidation sites excluding steroid dienone is 10. The lowest BCUT2D eigenvalue weighted by Crippen LogP contribution is -2.30. The van der Waals surface area contributed by atoms with Crippen molar-refractivity contribution in [3.05, 3.63) is 60.8 Å². The molecule has 0 aliphatic rings. The normalized spacial score (nSPS) is 12.4. The van der Waals surface area contributed by atoms with E-state index in [4.69, 9.17) is 14.2 Å². The first-order valence-corrected chi connectivity index (χ1v) is 33.8. The molecule has 0 fully saturated rings. The van der Waals surface area contributed by atoms with E-state index in [9.17, 15) is 14.4 Å². The fourth-order valence-electron chi connectivity index (χ4n) is 9.96. The van der Waals surface area contributed by atoms with Crippen LogP contribution in [0.3, 0.4) is 0 Å². The minimum atomic E-state index is -0.773. The summed E-state index contributed by atoms with van der Waals surface area (Å²) in [4.78, 5) is 38.3. The van der Waals surface area contributed by atoms with Crippen LogP contribution in [0.25, 0.3) is 0 Å². The first kappa shape index (κ1) is 74.1. The zero-order valence-corrected chi connectivity index (χ0v) is 51.5. The van der Waals surface area contributed by atoms with E-state index < -0.39 is 6.10 Å². The Morgan fingerprint density at radius 1 is 0.273 bits per heavy atom. The first-order valence-electron chi connectivity index (χ1n) is 33.8. The maximum atomic E-state index is 12.9. The van der Waals surface area contributed by atoms with Crippen molar-refractivity contribution in [1.82, 2.24) is 0 Å². The third-order valence-electron chi connectivity index (χ3n) is 15.0. The predicted molar refractivity (Wildman–Crippen MR) is 335 cm³/mol. The van der Waals surface area contributed by atoms with Crippen LogP contribution in [0.15, 0.2) is 60.8 Å². The Labute approximate surface area is 479 Å². The van der Waals surface area contributed by atoms with Gasteiger partial charge in [0.1, 0.15) is 13.2 Å². The van der Waals surface area contributed by atoms with E-state index >= 15 is 0 Å². The van der Waals surface area contributed by atoms with Gasteiger partial charge in [-0.2, -0.15) is 0 Å². The Hall–Kier alpha value is -2.89. The maximum absolute atomic E-state index is 12.9. The van der Waals surface area contributed by atoms with Gasteiger partial charge in [0.05, 0.1) is 0 Å². The van der Waals surface area contributed by atoms with Crippen LogP contribution < -0.4 is 0 Å². The van der Waals surface area contributed by atoms with Gasteiger partial charge in [-0.05, 0) is 83.5 Å². The van der Waals surface area contributed by atoms with E-state index in [-0.39, 0.29) is 31.1 Å². The lowest BCUT2D eigenvalue weighted by Gasteiger charge is -2.18. The number of carbonyl (C=O) groups is 3. The summed E-state index contributed by atoms with van der Waals surface area (Å²) >= 11 is 0. The Balaban J connectivity index is 4.22. The van der Waals surface area contributed by atoms with Crippen LogP contribution in [0.2, 0.25) is 0 Å². The highest BCUT2D eigenvalue weighted by atomic mass is 16.6. The molecule has 0 rings (SSSR count). The van der Waals surface area contributed by atoms with Crippen molar-refractivity contribution >= 4 is 17.9 Å². The van der Waals surface area contributed by atoms with Crippen LogP contribution in [0.1, 0.15) is 355 Å². The third kappa shape index (κ3) is 63.8. The van der Waals surface area contributed by atoms with Crippen LogP contribution >= 0.6 is 0 Å². The summed E-state index contributed by atoms with van der Waals surface area (Å²) in [5.41, 5.74) is 0. The highest BCUT2D eigenvalue weighted by Gasteiger charge is 2.19. The predicted octanol–water partition coefficient (Wildman–Crippen LogP) is 23.1. The molecule has 0 bridgehead atoms. The Kier molecular flexibility index (Phi) is 63.2. The number of carbonyl (C=O) groups excluding carboxylic acids is 3. The summed E-state index contributed by atoms with van der Waals surface area (Å²) in [6.07, 6.45) is 83.8. The van der Waals surface area contributed by atoms with Crippen molar-refractivity contribution in [3.63, 3.8) is 0 Å². The molecule has 6 heteroatoms.